The number of nitrogens with one attached hydrogen (secondary N) is 1. The number of hydrogen-bond donors (Lipinski definition) is 1. The maximum Gasteiger partial charge on any atom is 0.280 e. The van der Waals surface area contributed by atoms with E-state index in [1.807, 2.05) is 29.7 Å². The predicted molar refractivity (Wildman–Crippen MR) is 151 cm³/mol. The molecule has 1 aliphatic carbocycles. The molecule has 0 atom stereocenters. The quantitative estimate of drug-likeness (QED) is 0.208. The number of halogens is 2. The number of nitrogens with zero attached hydrogens (tertiary/aromatic N) is 4. The van der Waals surface area contributed by atoms with Gasteiger partial charge in [-0.15, -0.1) is 11.8 Å². The van der Waals surface area contributed by atoms with E-state index in [0.29, 0.717) is 29.9 Å². The molecule has 196 valence electrons. The number of carbonyl (C=O) groups excluding carboxylic acids is 1. The van der Waals surface area contributed by atoms with Crippen molar-refractivity contribution in [2.24, 2.45) is 4.99 Å². The molecule has 1 aromatic heterocycles. The normalized spacial score (nSPS) is 15.3. The van der Waals surface area contributed by atoms with Crippen molar-refractivity contribution < 1.29 is 14.0 Å². The molecule has 1 aliphatic heterocycles. The molecule has 1 N–H and O–H groups in total. The first-order valence-corrected chi connectivity index (χ1v) is 14.5. The Morgan fingerprint density at radius 3 is 2.81 bits per heavy atom. The third kappa shape index (κ3) is 5.15. The van der Waals surface area contributed by atoms with Crippen molar-refractivity contribution in [2.45, 2.75) is 58.5 Å². The number of amides is 1. The maximum atomic E-state index is 16.4. The fourth-order valence-corrected chi connectivity index (χ4v) is 6.10. The van der Waals surface area contributed by atoms with Crippen LogP contribution < -0.4 is 5.32 Å². The van der Waals surface area contributed by atoms with Gasteiger partial charge < -0.3 is 9.88 Å². The van der Waals surface area contributed by atoms with Gasteiger partial charge in [-0.05, 0) is 49.9 Å². The molecule has 1 fully saturated rings. The fraction of sp³-hybridized carbons (Fsp3) is 0.444. The van der Waals surface area contributed by atoms with Gasteiger partial charge >= 0.3 is 0 Å². The van der Waals surface area contributed by atoms with Crippen molar-refractivity contribution >= 4 is 61.1 Å². The summed E-state index contributed by atoms with van der Waals surface area (Å²) in [6.45, 7) is 5.44. The van der Waals surface area contributed by atoms with Crippen molar-refractivity contribution in [3.05, 3.63) is 51.5 Å². The molecular formula is C27H31BrFN5O2S. The Hall–Kier alpha value is -2.43. The molecule has 2 aromatic carbocycles. The Kier molecular flexibility index (Phi) is 7.88. The van der Waals surface area contributed by atoms with Crippen LogP contribution in [0.1, 0.15) is 60.5 Å². The lowest BCUT2D eigenvalue weighted by Crippen LogP contribution is -2.34. The first-order chi connectivity index (χ1) is 17.9. The molecule has 5 rings (SSSR count). The number of hydroxylamine groups is 2. The van der Waals surface area contributed by atoms with E-state index in [2.05, 4.69) is 33.2 Å². The minimum atomic E-state index is -0.547. The zero-order valence-corrected chi connectivity index (χ0v) is 23.7. The van der Waals surface area contributed by atoms with E-state index in [9.17, 15) is 4.79 Å². The summed E-state index contributed by atoms with van der Waals surface area (Å²) >= 11 is 5.08. The van der Waals surface area contributed by atoms with E-state index in [1.165, 1.54) is 12.2 Å². The number of carbonyl (C=O) groups is 1. The van der Waals surface area contributed by atoms with Gasteiger partial charge in [0.15, 0.2) is 5.82 Å². The van der Waals surface area contributed by atoms with Gasteiger partial charge in [-0.25, -0.2) is 14.4 Å². The highest BCUT2D eigenvalue weighted by Crippen LogP contribution is 2.40. The first-order valence-electron chi connectivity index (χ1n) is 12.7. The highest BCUT2D eigenvalue weighted by atomic mass is 79.9. The van der Waals surface area contributed by atoms with Crippen molar-refractivity contribution in [2.75, 3.05) is 24.7 Å². The van der Waals surface area contributed by atoms with Crippen LogP contribution in [-0.2, 0) is 11.4 Å². The van der Waals surface area contributed by atoms with Gasteiger partial charge in [0.2, 0.25) is 0 Å². The molecule has 0 unspecified atom stereocenters. The van der Waals surface area contributed by atoms with E-state index in [1.54, 1.807) is 18.1 Å². The monoisotopic (exact) mass is 587 g/mol. The fourth-order valence-electron chi connectivity index (χ4n) is 4.72. The van der Waals surface area contributed by atoms with Gasteiger partial charge in [-0.3, -0.25) is 14.6 Å². The van der Waals surface area contributed by atoms with E-state index in [4.69, 9.17) is 9.83 Å². The SMILES string of the molecule is CCCCCn1cnc2c(F)c(Nc3ccc(Br)cc3C)c(C(=O)N(OC)C3CC3)c(C3=NCCS3)c21. The number of unbranched alkanes of at least 4 members (excludes halogenated alkanes) is 2. The summed E-state index contributed by atoms with van der Waals surface area (Å²) < 4.78 is 19.3. The van der Waals surface area contributed by atoms with Crippen LogP contribution in [-0.4, -0.2) is 51.0 Å². The summed E-state index contributed by atoms with van der Waals surface area (Å²) in [6, 6.07) is 5.70. The second kappa shape index (κ2) is 11.1. The summed E-state index contributed by atoms with van der Waals surface area (Å²) in [5.41, 5.74) is 3.47. The zero-order valence-electron chi connectivity index (χ0n) is 21.3. The first kappa shape index (κ1) is 26.2. The Morgan fingerprint density at radius 1 is 1.35 bits per heavy atom. The van der Waals surface area contributed by atoms with Gasteiger partial charge in [0.05, 0.1) is 36.2 Å². The second-order valence-electron chi connectivity index (χ2n) is 9.45. The molecule has 0 radical (unpaired) electrons. The second-order valence-corrected chi connectivity index (χ2v) is 11.4. The Bertz CT molecular complexity index is 1370. The maximum absolute atomic E-state index is 16.4. The molecule has 1 saturated carbocycles. The van der Waals surface area contributed by atoms with Gasteiger partial charge in [-0.2, -0.15) is 0 Å². The highest BCUT2D eigenvalue weighted by Gasteiger charge is 2.39. The lowest BCUT2D eigenvalue weighted by atomic mass is 10.0. The van der Waals surface area contributed by atoms with Crippen LogP contribution in [0.2, 0.25) is 0 Å². The molecule has 10 heteroatoms. The number of rotatable bonds is 10. The van der Waals surface area contributed by atoms with E-state index >= 15 is 4.39 Å². The number of benzene rings is 2. The van der Waals surface area contributed by atoms with E-state index in [0.717, 1.165) is 52.9 Å². The van der Waals surface area contributed by atoms with E-state index in [-0.39, 0.29) is 28.7 Å². The third-order valence-corrected chi connectivity index (χ3v) is 8.23. The molecule has 0 saturated heterocycles. The van der Waals surface area contributed by atoms with E-state index < -0.39 is 5.82 Å². The van der Waals surface area contributed by atoms with Crippen LogP contribution in [0.15, 0.2) is 34.0 Å². The highest BCUT2D eigenvalue weighted by molar-refractivity contribution is 9.10. The number of aryl methyl sites for hydroxylation is 2. The van der Waals surface area contributed by atoms with Crippen LogP contribution in [0.3, 0.4) is 0 Å². The molecule has 0 spiro atoms. The number of imidazole rings is 1. The Balaban J connectivity index is 1.77. The van der Waals surface area contributed by atoms with Crippen molar-refractivity contribution in [1.82, 2.24) is 14.6 Å². The average Bonchev–Trinajstić information content (AvgIpc) is 3.39. The van der Waals surface area contributed by atoms with Gasteiger partial charge in [-0.1, -0.05) is 35.7 Å². The third-order valence-electron chi connectivity index (χ3n) is 6.74. The minimum Gasteiger partial charge on any atom is -0.352 e. The standard InChI is InChI=1S/C27H31BrFN5O2S/c1-4-5-6-12-33-15-31-24-22(29)23(32-19-10-7-17(28)14-16(19)2)20(27(35)34(36-3)18-8-9-18)21(25(24)33)26-30-11-13-37-26/h7,10,14-15,18,32H,4-6,8-9,11-13H2,1-3H3. The molecule has 7 nitrogen and oxygen atoms in total. The lowest BCUT2D eigenvalue weighted by Gasteiger charge is -2.25. The van der Waals surface area contributed by atoms with Gasteiger partial charge in [0.1, 0.15) is 10.6 Å². The van der Waals surface area contributed by atoms with Crippen LogP contribution in [0.5, 0.6) is 0 Å². The molecule has 0 bridgehead atoms. The van der Waals surface area contributed by atoms with Crippen LogP contribution in [0.25, 0.3) is 11.0 Å². The molecule has 3 aromatic rings. The number of aliphatic imine (C=N–C) groups is 1. The average molecular weight is 589 g/mol. The molecule has 1 amide bonds. The van der Waals surface area contributed by atoms with Crippen LogP contribution in [0.4, 0.5) is 15.8 Å². The van der Waals surface area contributed by atoms with Crippen molar-refractivity contribution in [3.8, 4) is 0 Å². The predicted octanol–water partition coefficient (Wildman–Crippen LogP) is 6.84. The van der Waals surface area contributed by atoms with Crippen LogP contribution in [0, 0.1) is 12.7 Å². The smallest absolute Gasteiger partial charge is 0.280 e. The van der Waals surface area contributed by atoms with Gasteiger partial charge in [0, 0.05) is 34.6 Å². The van der Waals surface area contributed by atoms with Crippen LogP contribution >= 0.6 is 27.7 Å². The number of fused-ring (bicyclic) bond motifs is 1. The summed E-state index contributed by atoms with van der Waals surface area (Å²) in [7, 11) is 1.49. The molecule has 37 heavy (non-hydrogen) atoms. The Morgan fingerprint density at radius 2 is 2.16 bits per heavy atom. The van der Waals surface area contributed by atoms with Crippen molar-refractivity contribution in [1.29, 1.82) is 0 Å². The topological polar surface area (TPSA) is 71.8 Å². The van der Waals surface area contributed by atoms with Gasteiger partial charge in [0.25, 0.3) is 5.91 Å². The summed E-state index contributed by atoms with van der Waals surface area (Å²) in [5.74, 6) is -0.0968. The number of aromatic nitrogens is 2. The lowest BCUT2D eigenvalue weighted by molar-refractivity contribution is -0.101. The Labute approximate surface area is 228 Å². The summed E-state index contributed by atoms with van der Waals surface area (Å²) in [4.78, 5) is 29.0. The number of thioether (sulfide) groups is 1. The van der Waals surface area contributed by atoms with Crippen molar-refractivity contribution in [3.63, 3.8) is 0 Å². The summed E-state index contributed by atoms with van der Waals surface area (Å²) in [6.07, 6.45) is 6.48. The number of anilines is 2. The largest absolute Gasteiger partial charge is 0.352 e. The molecule has 2 aliphatic rings. The molecule has 2 heterocycles. The zero-order chi connectivity index (χ0) is 26.1. The number of hydrogen-bond acceptors (Lipinski definition) is 6. The minimum absolute atomic E-state index is 0.0148. The summed E-state index contributed by atoms with van der Waals surface area (Å²) in [5, 5.41) is 5.39. The molecular weight excluding hydrogens is 557 g/mol.